The van der Waals surface area contributed by atoms with Crippen molar-refractivity contribution in [3.63, 3.8) is 0 Å². The second kappa shape index (κ2) is 12.5. The number of hydrogen-bond acceptors (Lipinski definition) is 1. The molecule has 1 aromatic carbocycles. The number of halogens is 2. The molecule has 2 aliphatic carbocycles. The molecule has 1 fully saturated rings. The van der Waals surface area contributed by atoms with Crippen molar-refractivity contribution in [3.8, 4) is 5.75 Å². The Hall–Kier alpha value is -1.38. The van der Waals surface area contributed by atoms with Crippen LogP contribution in [0.2, 0.25) is 0 Å². The van der Waals surface area contributed by atoms with Crippen LogP contribution in [0.5, 0.6) is 5.75 Å². The van der Waals surface area contributed by atoms with Gasteiger partial charge in [-0.3, -0.25) is 0 Å². The topological polar surface area (TPSA) is 9.23 Å². The molecule has 0 radical (unpaired) electrons. The van der Waals surface area contributed by atoms with Crippen molar-refractivity contribution < 1.29 is 13.5 Å². The molecule has 2 aliphatic rings. The molecule has 1 atom stereocenters. The van der Waals surface area contributed by atoms with Gasteiger partial charge in [-0.25, -0.2) is 0 Å². The fraction of sp³-hybridized carbons (Fsp3) is 0.704. The highest BCUT2D eigenvalue weighted by molar-refractivity contribution is 5.29. The highest BCUT2D eigenvalue weighted by atomic mass is 19.3. The Morgan fingerprint density at radius 3 is 2.20 bits per heavy atom. The molecule has 0 heterocycles. The van der Waals surface area contributed by atoms with Gasteiger partial charge >= 0.3 is 6.61 Å². The van der Waals surface area contributed by atoms with E-state index in [0.717, 1.165) is 11.8 Å². The SMILES string of the molecule is CCCCCCCCC1=CCC([C@H]2CC[C@H](c3ccc(OC(F)F)cc3)CC2)CC1. The van der Waals surface area contributed by atoms with E-state index < -0.39 is 6.61 Å². The van der Waals surface area contributed by atoms with Crippen molar-refractivity contribution in [2.24, 2.45) is 11.8 Å². The standard InChI is InChI=1S/C27H40F2O/c1-2-3-4-5-6-7-8-21-9-11-22(12-10-21)23-13-15-24(16-14-23)25-17-19-26(20-18-25)30-27(28)29/h9,17-20,22-24,27H,2-8,10-16H2,1H3/t22?,23-,24-. The van der Waals surface area contributed by atoms with E-state index in [1.54, 1.807) is 17.7 Å². The van der Waals surface area contributed by atoms with Crippen LogP contribution < -0.4 is 4.74 Å². The molecule has 1 aromatic rings. The number of benzene rings is 1. The van der Waals surface area contributed by atoms with Crippen LogP contribution in [0.1, 0.15) is 108 Å². The molecule has 0 bridgehead atoms. The number of alkyl halides is 2. The average Bonchev–Trinajstić information content (AvgIpc) is 2.77. The Balaban J connectivity index is 1.36. The minimum Gasteiger partial charge on any atom is -0.435 e. The maximum Gasteiger partial charge on any atom is 0.387 e. The summed E-state index contributed by atoms with van der Waals surface area (Å²) in [5.41, 5.74) is 3.00. The maximum absolute atomic E-state index is 12.3. The first-order valence-corrected chi connectivity index (χ1v) is 12.4. The lowest BCUT2D eigenvalue weighted by atomic mass is 9.70. The van der Waals surface area contributed by atoms with Gasteiger partial charge in [-0.15, -0.1) is 0 Å². The molecule has 3 rings (SSSR count). The highest BCUT2D eigenvalue weighted by Crippen LogP contribution is 2.43. The van der Waals surface area contributed by atoms with Gasteiger partial charge in [-0.2, -0.15) is 8.78 Å². The first-order valence-electron chi connectivity index (χ1n) is 12.4. The van der Waals surface area contributed by atoms with Gasteiger partial charge in [0.05, 0.1) is 0 Å². The Morgan fingerprint density at radius 1 is 0.867 bits per heavy atom. The van der Waals surface area contributed by atoms with E-state index in [4.69, 9.17) is 0 Å². The average molecular weight is 419 g/mol. The highest BCUT2D eigenvalue weighted by Gasteiger charge is 2.29. The Bertz CT molecular complexity index is 629. The van der Waals surface area contributed by atoms with Gasteiger partial charge in [-0.1, -0.05) is 62.8 Å². The lowest BCUT2D eigenvalue weighted by molar-refractivity contribution is -0.0498. The Kier molecular flexibility index (Phi) is 9.68. The number of unbranched alkanes of at least 4 members (excludes halogenated alkanes) is 5. The lowest BCUT2D eigenvalue weighted by Crippen LogP contribution is -2.22. The van der Waals surface area contributed by atoms with Crippen LogP contribution in [-0.4, -0.2) is 6.61 Å². The second-order valence-electron chi connectivity index (χ2n) is 9.47. The Labute approximate surface area is 182 Å². The summed E-state index contributed by atoms with van der Waals surface area (Å²) in [5, 5.41) is 0. The smallest absolute Gasteiger partial charge is 0.387 e. The third kappa shape index (κ3) is 7.39. The van der Waals surface area contributed by atoms with Crippen molar-refractivity contribution in [2.45, 2.75) is 109 Å². The quantitative estimate of drug-likeness (QED) is 0.257. The van der Waals surface area contributed by atoms with Crippen LogP contribution >= 0.6 is 0 Å². The molecule has 0 N–H and O–H groups in total. The summed E-state index contributed by atoms with van der Waals surface area (Å²) in [4.78, 5) is 0. The molecule has 1 nitrogen and oxygen atoms in total. The summed E-state index contributed by atoms with van der Waals surface area (Å²) in [6, 6.07) is 7.32. The molecule has 0 saturated heterocycles. The van der Waals surface area contributed by atoms with E-state index in [-0.39, 0.29) is 5.75 Å². The normalized spacial score (nSPS) is 24.7. The van der Waals surface area contributed by atoms with Crippen LogP contribution in [0, 0.1) is 11.8 Å². The van der Waals surface area contributed by atoms with Crippen molar-refractivity contribution in [1.29, 1.82) is 0 Å². The van der Waals surface area contributed by atoms with Gasteiger partial charge in [0, 0.05) is 0 Å². The summed E-state index contributed by atoms with van der Waals surface area (Å²) in [5.74, 6) is 2.58. The van der Waals surface area contributed by atoms with Gasteiger partial charge in [-0.05, 0) is 93.2 Å². The number of hydrogen-bond donors (Lipinski definition) is 0. The molecule has 1 unspecified atom stereocenters. The van der Waals surface area contributed by atoms with E-state index in [1.165, 1.54) is 95.5 Å². The first-order chi connectivity index (χ1) is 14.7. The Morgan fingerprint density at radius 2 is 1.57 bits per heavy atom. The largest absolute Gasteiger partial charge is 0.435 e. The first kappa shape index (κ1) is 23.3. The number of allylic oxidation sites excluding steroid dienone is 2. The predicted molar refractivity (Wildman–Crippen MR) is 121 cm³/mol. The minimum atomic E-state index is -2.75. The van der Waals surface area contributed by atoms with Crippen molar-refractivity contribution >= 4 is 0 Å². The lowest BCUT2D eigenvalue weighted by Gasteiger charge is -2.35. The van der Waals surface area contributed by atoms with Crippen LogP contribution in [0.15, 0.2) is 35.9 Å². The monoisotopic (exact) mass is 418 g/mol. The van der Waals surface area contributed by atoms with E-state index in [9.17, 15) is 8.78 Å². The molecule has 0 spiro atoms. The zero-order valence-corrected chi connectivity index (χ0v) is 18.8. The summed E-state index contributed by atoms with van der Waals surface area (Å²) in [6.07, 6.45) is 21.3. The fourth-order valence-electron chi connectivity index (χ4n) is 5.54. The molecular weight excluding hydrogens is 378 g/mol. The minimum absolute atomic E-state index is 0.258. The van der Waals surface area contributed by atoms with Crippen LogP contribution in [0.4, 0.5) is 8.78 Å². The number of ether oxygens (including phenoxy) is 1. The summed E-state index contributed by atoms with van der Waals surface area (Å²) < 4.78 is 29.1. The van der Waals surface area contributed by atoms with Crippen LogP contribution in [0.3, 0.4) is 0 Å². The summed E-state index contributed by atoms with van der Waals surface area (Å²) in [7, 11) is 0. The summed E-state index contributed by atoms with van der Waals surface area (Å²) >= 11 is 0. The van der Waals surface area contributed by atoms with E-state index >= 15 is 0 Å². The van der Waals surface area contributed by atoms with Crippen LogP contribution in [0.25, 0.3) is 0 Å². The van der Waals surface area contributed by atoms with Crippen molar-refractivity contribution in [2.75, 3.05) is 0 Å². The van der Waals surface area contributed by atoms with Gasteiger partial charge < -0.3 is 4.74 Å². The molecule has 168 valence electrons. The zero-order chi connectivity index (χ0) is 21.2. The van der Waals surface area contributed by atoms with Gasteiger partial charge in [0.2, 0.25) is 0 Å². The van der Waals surface area contributed by atoms with Gasteiger partial charge in [0.25, 0.3) is 0 Å². The van der Waals surface area contributed by atoms with Crippen molar-refractivity contribution in [1.82, 2.24) is 0 Å². The molecular formula is C27H40F2O. The second-order valence-corrected chi connectivity index (χ2v) is 9.47. The number of rotatable bonds is 11. The molecule has 0 amide bonds. The summed E-state index contributed by atoms with van der Waals surface area (Å²) in [6.45, 7) is -0.469. The molecule has 3 heteroatoms. The van der Waals surface area contributed by atoms with Crippen LogP contribution in [-0.2, 0) is 0 Å². The van der Waals surface area contributed by atoms with E-state index in [0.29, 0.717) is 5.92 Å². The van der Waals surface area contributed by atoms with E-state index in [2.05, 4.69) is 17.7 Å². The maximum atomic E-state index is 12.3. The predicted octanol–water partition coefficient (Wildman–Crippen LogP) is 9.04. The third-order valence-corrected chi connectivity index (χ3v) is 7.41. The fourth-order valence-corrected chi connectivity index (χ4v) is 5.54. The molecule has 1 saturated carbocycles. The van der Waals surface area contributed by atoms with Gasteiger partial charge in [0.15, 0.2) is 0 Å². The van der Waals surface area contributed by atoms with Gasteiger partial charge in [0.1, 0.15) is 5.75 Å². The zero-order valence-electron chi connectivity index (χ0n) is 18.8. The third-order valence-electron chi connectivity index (χ3n) is 7.41. The molecule has 0 aromatic heterocycles. The van der Waals surface area contributed by atoms with Crippen molar-refractivity contribution in [3.05, 3.63) is 41.5 Å². The molecule has 30 heavy (non-hydrogen) atoms. The van der Waals surface area contributed by atoms with E-state index in [1.807, 2.05) is 12.1 Å². The molecule has 0 aliphatic heterocycles.